The van der Waals surface area contributed by atoms with E-state index in [9.17, 15) is 0 Å². The molecule has 3 heteroatoms. The number of hydrogen-bond donors (Lipinski definition) is 0. The van der Waals surface area contributed by atoms with E-state index in [4.69, 9.17) is 4.74 Å². The van der Waals surface area contributed by atoms with Gasteiger partial charge >= 0.3 is 0 Å². The number of aromatic nitrogens is 1. The zero-order chi connectivity index (χ0) is 11.7. The van der Waals surface area contributed by atoms with E-state index in [-0.39, 0.29) is 6.10 Å². The molecule has 0 amide bonds. The fraction of sp³-hybridized carbons (Fsp3) is 0.0714. The zero-order valence-corrected chi connectivity index (χ0v) is 10.6. The predicted molar refractivity (Wildman–Crippen MR) is 70.8 cm³/mol. The standard InChI is InChI=1S/C14H10BrNO/c15-12-8-11-6-7-13(17-14(11)16-9-12)10-4-2-1-3-5-10/h1-9,13H. The van der Waals surface area contributed by atoms with Crippen LogP contribution in [0.1, 0.15) is 17.2 Å². The van der Waals surface area contributed by atoms with Crippen LogP contribution in [0, 0.1) is 0 Å². The second-order valence-corrected chi connectivity index (χ2v) is 4.77. The van der Waals surface area contributed by atoms with Crippen molar-refractivity contribution in [2.24, 2.45) is 0 Å². The first-order chi connectivity index (χ1) is 8.33. The number of benzene rings is 1. The molecule has 2 heterocycles. The average molecular weight is 288 g/mol. The third-order valence-electron chi connectivity index (χ3n) is 2.66. The second kappa shape index (κ2) is 4.34. The van der Waals surface area contributed by atoms with E-state index in [1.807, 2.05) is 36.4 Å². The summed E-state index contributed by atoms with van der Waals surface area (Å²) in [5.74, 6) is 0.685. The minimum absolute atomic E-state index is 0.0441. The molecule has 0 spiro atoms. The number of rotatable bonds is 1. The van der Waals surface area contributed by atoms with Crippen molar-refractivity contribution < 1.29 is 4.74 Å². The Morgan fingerprint density at radius 1 is 1.18 bits per heavy atom. The van der Waals surface area contributed by atoms with Gasteiger partial charge in [0.1, 0.15) is 6.10 Å². The first kappa shape index (κ1) is 10.5. The van der Waals surface area contributed by atoms with Crippen LogP contribution in [0.5, 0.6) is 5.88 Å². The van der Waals surface area contributed by atoms with E-state index >= 15 is 0 Å². The molecule has 3 rings (SSSR count). The number of hydrogen-bond acceptors (Lipinski definition) is 2. The lowest BCUT2D eigenvalue weighted by molar-refractivity contribution is 0.241. The maximum absolute atomic E-state index is 5.85. The van der Waals surface area contributed by atoms with Gasteiger partial charge in [0.15, 0.2) is 0 Å². The fourth-order valence-corrected chi connectivity index (χ4v) is 2.18. The molecule has 0 aliphatic carbocycles. The predicted octanol–water partition coefficient (Wildman–Crippen LogP) is 3.99. The fourth-order valence-electron chi connectivity index (χ4n) is 1.83. The maximum Gasteiger partial charge on any atom is 0.221 e. The normalized spacial score (nSPS) is 17.4. The van der Waals surface area contributed by atoms with Crippen molar-refractivity contribution in [3.05, 3.63) is 64.3 Å². The Labute approximate surface area is 108 Å². The van der Waals surface area contributed by atoms with E-state index in [2.05, 4.69) is 33.0 Å². The maximum atomic E-state index is 5.85. The lowest BCUT2D eigenvalue weighted by Gasteiger charge is -2.20. The largest absolute Gasteiger partial charge is 0.465 e. The van der Waals surface area contributed by atoms with Crippen LogP contribution in [0.4, 0.5) is 0 Å². The lowest BCUT2D eigenvalue weighted by atomic mass is 10.1. The number of halogens is 1. The molecule has 1 aromatic heterocycles. The van der Waals surface area contributed by atoms with Crippen LogP contribution in [0.15, 0.2) is 53.1 Å². The molecule has 1 aromatic carbocycles. The molecule has 0 fully saturated rings. The first-order valence-corrected chi connectivity index (χ1v) is 6.17. The number of ether oxygens (including phenoxy) is 1. The molecule has 0 N–H and O–H groups in total. The van der Waals surface area contributed by atoms with E-state index in [1.165, 1.54) is 0 Å². The smallest absolute Gasteiger partial charge is 0.221 e. The van der Waals surface area contributed by atoms with Gasteiger partial charge in [0.05, 0.1) is 0 Å². The highest BCUT2D eigenvalue weighted by atomic mass is 79.9. The van der Waals surface area contributed by atoms with E-state index < -0.39 is 0 Å². The van der Waals surface area contributed by atoms with Crippen molar-refractivity contribution in [3.8, 4) is 5.88 Å². The van der Waals surface area contributed by atoms with Crippen LogP contribution in [0.25, 0.3) is 6.08 Å². The van der Waals surface area contributed by atoms with Crippen LogP contribution in [0.3, 0.4) is 0 Å². The molecule has 0 saturated carbocycles. The third kappa shape index (κ3) is 2.11. The van der Waals surface area contributed by atoms with Crippen molar-refractivity contribution in [1.82, 2.24) is 4.98 Å². The minimum Gasteiger partial charge on any atom is -0.465 e. The minimum atomic E-state index is -0.0441. The Morgan fingerprint density at radius 3 is 2.82 bits per heavy atom. The van der Waals surface area contributed by atoms with Crippen LogP contribution in [-0.2, 0) is 0 Å². The van der Waals surface area contributed by atoms with Crippen LogP contribution >= 0.6 is 15.9 Å². The number of fused-ring (bicyclic) bond motifs is 1. The van der Waals surface area contributed by atoms with Crippen molar-refractivity contribution in [2.45, 2.75) is 6.10 Å². The molecule has 2 nitrogen and oxygen atoms in total. The Hall–Kier alpha value is -1.61. The van der Waals surface area contributed by atoms with E-state index in [1.54, 1.807) is 6.20 Å². The van der Waals surface area contributed by atoms with Crippen molar-refractivity contribution in [1.29, 1.82) is 0 Å². The van der Waals surface area contributed by atoms with Gasteiger partial charge < -0.3 is 4.74 Å². The van der Waals surface area contributed by atoms with Gasteiger partial charge in [0, 0.05) is 16.2 Å². The highest BCUT2D eigenvalue weighted by Crippen LogP contribution is 2.31. The van der Waals surface area contributed by atoms with Gasteiger partial charge in [-0.05, 0) is 39.7 Å². The Kier molecular flexibility index (Phi) is 2.69. The number of nitrogens with zero attached hydrogens (tertiary/aromatic N) is 1. The second-order valence-electron chi connectivity index (χ2n) is 3.86. The first-order valence-electron chi connectivity index (χ1n) is 5.38. The monoisotopic (exact) mass is 287 g/mol. The lowest BCUT2D eigenvalue weighted by Crippen LogP contribution is -2.09. The number of pyridine rings is 1. The molecular formula is C14H10BrNO. The van der Waals surface area contributed by atoms with Crippen molar-refractivity contribution >= 4 is 22.0 Å². The summed E-state index contributed by atoms with van der Waals surface area (Å²) >= 11 is 3.40. The average Bonchev–Trinajstić information content (AvgIpc) is 2.39. The van der Waals surface area contributed by atoms with Crippen molar-refractivity contribution in [2.75, 3.05) is 0 Å². The van der Waals surface area contributed by atoms with Gasteiger partial charge in [0.25, 0.3) is 0 Å². The summed E-state index contributed by atoms with van der Waals surface area (Å²) in [6.07, 6.45) is 5.80. The molecule has 0 bridgehead atoms. The molecule has 84 valence electrons. The van der Waals surface area contributed by atoms with Crippen LogP contribution < -0.4 is 4.74 Å². The van der Waals surface area contributed by atoms with Gasteiger partial charge in [0.2, 0.25) is 5.88 Å². The SMILES string of the molecule is Brc1cnc2c(c1)C=CC(c1ccccc1)O2. The Morgan fingerprint density at radius 2 is 2.00 bits per heavy atom. The summed E-state index contributed by atoms with van der Waals surface area (Å²) in [5, 5.41) is 0. The summed E-state index contributed by atoms with van der Waals surface area (Å²) in [6, 6.07) is 12.1. The zero-order valence-electron chi connectivity index (χ0n) is 9.01. The molecule has 1 atom stereocenters. The summed E-state index contributed by atoms with van der Waals surface area (Å²) in [7, 11) is 0. The Balaban J connectivity index is 1.94. The highest BCUT2D eigenvalue weighted by Gasteiger charge is 2.17. The van der Waals surface area contributed by atoms with Crippen LogP contribution in [0.2, 0.25) is 0 Å². The quantitative estimate of drug-likeness (QED) is 0.791. The summed E-state index contributed by atoms with van der Waals surface area (Å²) in [6.45, 7) is 0. The molecule has 0 saturated heterocycles. The van der Waals surface area contributed by atoms with Gasteiger partial charge in [-0.15, -0.1) is 0 Å². The molecular weight excluding hydrogens is 278 g/mol. The highest BCUT2D eigenvalue weighted by molar-refractivity contribution is 9.10. The van der Waals surface area contributed by atoms with E-state index in [0.29, 0.717) is 5.88 Å². The molecule has 1 aliphatic heterocycles. The van der Waals surface area contributed by atoms with Crippen molar-refractivity contribution in [3.63, 3.8) is 0 Å². The topological polar surface area (TPSA) is 22.1 Å². The summed E-state index contributed by atoms with van der Waals surface area (Å²) in [5.41, 5.74) is 2.14. The Bertz CT molecular complexity index is 566. The molecule has 1 aliphatic rings. The van der Waals surface area contributed by atoms with E-state index in [0.717, 1.165) is 15.6 Å². The third-order valence-corrected chi connectivity index (χ3v) is 3.10. The summed E-state index contributed by atoms with van der Waals surface area (Å²) in [4.78, 5) is 4.27. The molecule has 2 aromatic rings. The van der Waals surface area contributed by atoms with Crippen LogP contribution in [-0.4, -0.2) is 4.98 Å². The van der Waals surface area contributed by atoms with Gasteiger partial charge in [-0.25, -0.2) is 4.98 Å². The van der Waals surface area contributed by atoms with Gasteiger partial charge in [-0.2, -0.15) is 0 Å². The van der Waals surface area contributed by atoms with Gasteiger partial charge in [-0.3, -0.25) is 0 Å². The summed E-state index contributed by atoms with van der Waals surface area (Å²) < 4.78 is 6.82. The molecule has 17 heavy (non-hydrogen) atoms. The van der Waals surface area contributed by atoms with Gasteiger partial charge in [-0.1, -0.05) is 30.3 Å². The molecule has 0 radical (unpaired) electrons. The molecule has 1 unspecified atom stereocenters.